The highest BCUT2D eigenvalue weighted by Gasteiger charge is 2.25. The average Bonchev–Trinajstić information content (AvgIpc) is 3.36. The number of hydrogen-bond acceptors (Lipinski definition) is 3. The van der Waals surface area contributed by atoms with Crippen LogP contribution in [-0.2, 0) is 11.2 Å². The van der Waals surface area contributed by atoms with Gasteiger partial charge in [-0.05, 0) is 37.0 Å². The highest BCUT2D eigenvalue weighted by atomic mass is 16.1. The van der Waals surface area contributed by atoms with Crippen LogP contribution in [0.25, 0.3) is 11.3 Å². The van der Waals surface area contributed by atoms with E-state index >= 15 is 0 Å². The van der Waals surface area contributed by atoms with E-state index in [0.29, 0.717) is 18.2 Å². The lowest BCUT2D eigenvalue weighted by Gasteiger charge is -2.06. The van der Waals surface area contributed by atoms with Crippen molar-refractivity contribution in [3.63, 3.8) is 0 Å². The molecule has 1 aliphatic carbocycles. The second-order valence-electron chi connectivity index (χ2n) is 6.57. The molecule has 25 heavy (non-hydrogen) atoms. The van der Waals surface area contributed by atoms with Crippen LogP contribution in [0, 0.1) is 6.92 Å². The van der Waals surface area contributed by atoms with E-state index in [1.54, 1.807) is 6.20 Å². The summed E-state index contributed by atoms with van der Waals surface area (Å²) in [5.41, 5.74) is 5.25. The van der Waals surface area contributed by atoms with Gasteiger partial charge in [0.1, 0.15) is 0 Å². The maximum Gasteiger partial charge on any atom is 0.229 e. The van der Waals surface area contributed by atoms with Gasteiger partial charge in [0.2, 0.25) is 5.91 Å². The molecule has 1 saturated carbocycles. The molecule has 2 heterocycles. The minimum atomic E-state index is -0.0596. The SMILES string of the molecule is Cc1cccnc1-c1ccc(CC(=O)Nc2cc(C3CC3)[nH]n2)cc1. The number of aryl methyl sites for hydroxylation is 1. The quantitative estimate of drug-likeness (QED) is 0.746. The predicted molar refractivity (Wildman–Crippen MR) is 97.3 cm³/mol. The van der Waals surface area contributed by atoms with E-state index in [-0.39, 0.29) is 5.91 Å². The summed E-state index contributed by atoms with van der Waals surface area (Å²) >= 11 is 0. The lowest BCUT2D eigenvalue weighted by Crippen LogP contribution is -2.14. The van der Waals surface area contributed by atoms with Gasteiger partial charge in [-0.1, -0.05) is 30.3 Å². The molecule has 1 aromatic carbocycles. The maximum absolute atomic E-state index is 12.2. The Labute approximate surface area is 146 Å². The number of anilines is 1. The fourth-order valence-electron chi connectivity index (χ4n) is 2.94. The molecule has 5 heteroatoms. The Morgan fingerprint density at radius 2 is 2.04 bits per heavy atom. The zero-order valence-electron chi connectivity index (χ0n) is 14.1. The van der Waals surface area contributed by atoms with Crippen LogP contribution in [0.3, 0.4) is 0 Å². The first-order chi connectivity index (χ1) is 12.2. The van der Waals surface area contributed by atoms with Crippen LogP contribution in [-0.4, -0.2) is 21.1 Å². The molecule has 0 spiro atoms. The molecule has 0 bridgehead atoms. The minimum absolute atomic E-state index is 0.0596. The number of aromatic nitrogens is 3. The Bertz CT molecular complexity index is 894. The molecule has 126 valence electrons. The van der Waals surface area contributed by atoms with E-state index in [9.17, 15) is 4.79 Å². The third-order valence-electron chi connectivity index (χ3n) is 4.48. The summed E-state index contributed by atoms with van der Waals surface area (Å²) in [6.07, 6.45) is 4.53. The second kappa shape index (κ2) is 6.51. The second-order valence-corrected chi connectivity index (χ2v) is 6.57. The number of hydrogen-bond donors (Lipinski definition) is 2. The third-order valence-corrected chi connectivity index (χ3v) is 4.48. The molecule has 0 saturated heterocycles. The number of benzene rings is 1. The molecular formula is C20H20N4O. The van der Waals surface area contributed by atoms with Crippen LogP contribution in [0.5, 0.6) is 0 Å². The number of rotatable bonds is 5. The summed E-state index contributed by atoms with van der Waals surface area (Å²) < 4.78 is 0. The van der Waals surface area contributed by atoms with E-state index in [4.69, 9.17) is 0 Å². The Morgan fingerprint density at radius 1 is 1.24 bits per heavy atom. The molecular weight excluding hydrogens is 312 g/mol. The smallest absolute Gasteiger partial charge is 0.229 e. The van der Waals surface area contributed by atoms with Gasteiger partial charge in [0.15, 0.2) is 5.82 Å². The van der Waals surface area contributed by atoms with E-state index in [0.717, 1.165) is 28.1 Å². The van der Waals surface area contributed by atoms with Crippen LogP contribution in [0.15, 0.2) is 48.7 Å². The van der Waals surface area contributed by atoms with E-state index in [2.05, 4.69) is 20.5 Å². The predicted octanol–water partition coefficient (Wildman–Crippen LogP) is 3.84. The molecule has 3 aromatic rings. The highest BCUT2D eigenvalue weighted by Crippen LogP contribution is 2.39. The molecule has 2 N–H and O–H groups in total. The van der Waals surface area contributed by atoms with Crippen molar-refractivity contribution in [3.8, 4) is 11.3 Å². The van der Waals surface area contributed by atoms with Gasteiger partial charge in [-0.15, -0.1) is 0 Å². The number of nitrogens with one attached hydrogen (secondary N) is 2. The molecule has 5 nitrogen and oxygen atoms in total. The van der Waals surface area contributed by atoms with Gasteiger partial charge in [-0.25, -0.2) is 0 Å². The normalized spacial score (nSPS) is 13.6. The van der Waals surface area contributed by atoms with Crippen LogP contribution in [0.1, 0.15) is 35.6 Å². The Morgan fingerprint density at radius 3 is 2.76 bits per heavy atom. The van der Waals surface area contributed by atoms with E-state index in [1.807, 2.05) is 49.4 Å². The van der Waals surface area contributed by atoms with Crippen molar-refractivity contribution in [1.29, 1.82) is 0 Å². The van der Waals surface area contributed by atoms with E-state index in [1.165, 1.54) is 12.8 Å². The fourth-order valence-corrected chi connectivity index (χ4v) is 2.94. The van der Waals surface area contributed by atoms with Crippen molar-refractivity contribution >= 4 is 11.7 Å². The minimum Gasteiger partial charge on any atom is -0.309 e. The first-order valence-electron chi connectivity index (χ1n) is 8.55. The molecule has 0 unspecified atom stereocenters. The Kier molecular flexibility index (Phi) is 4.06. The van der Waals surface area contributed by atoms with Gasteiger partial charge in [0, 0.05) is 29.4 Å². The summed E-state index contributed by atoms with van der Waals surface area (Å²) in [5, 5.41) is 10.0. The molecule has 0 atom stereocenters. The van der Waals surface area contributed by atoms with E-state index < -0.39 is 0 Å². The Hall–Kier alpha value is -2.95. The molecule has 4 rings (SSSR count). The molecule has 1 amide bonds. The Balaban J connectivity index is 1.40. The standard InChI is InChI=1S/C20H20N4O/c1-13-3-2-10-21-20(13)16-6-4-14(5-7-16)11-19(25)22-18-12-17(23-24-18)15-8-9-15/h2-7,10,12,15H,8-9,11H2,1H3,(H2,22,23,24,25). The molecule has 0 radical (unpaired) electrons. The van der Waals surface area contributed by atoms with Gasteiger partial charge < -0.3 is 5.32 Å². The number of H-pyrrole nitrogens is 1. The summed E-state index contributed by atoms with van der Waals surface area (Å²) in [5.74, 6) is 1.14. The number of carbonyl (C=O) groups excluding carboxylic acids is 1. The van der Waals surface area contributed by atoms with Crippen molar-refractivity contribution < 1.29 is 4.79 Å². The van der Waals surface area contributed by atoms with Gasteiger partial charge in [0.05, 0.1) is 12.1 Å². The van der Waals surface area contributed by atoms with Crippen LogP contribution >= 0.6 is 0 Å². The number of amides is 1. The average molecular weight is 332 g/mol. The summed E-state index contributed by atoms with van der Waals surface area (Å²) in [6.45, 7) is 2.05. The van der Waals surface area contributed by atoms with Crippen LogP contribution in [0.4, 0.5) is 5.82 Å². The lowest BCUT2D eigenvalue weighted by molar-refractivity contribution is -0.115. The van der Waals surface area contributed by atoms with Gasteiger partial charge >= 0.3 is 0 Å². The molecule has 1 aliphatic rings. The summed E-state index contributed by atoms with van der Waals surface area (Å²) in [4.78, 5) is 16.6. The van der Waals surface area contributed by atoms with Crippen molar-refractivity contribution in [2.45, 2.75) is 32.1 Å². The zero-order chi connectivity index (χ0) is 17.2. The lowest BCUT2D eigenvalue weighted by atomic mass is 10.0. The van der Waals surface area contributed by atoms with Crippen molar-refractivity contribution in [2.75, 3.05) is 5.32 Å². The monoisotopic (exact) mass is 332 g/mol. The van der Waals surface area contributed by atoms with Crippen LogP contribution in [0.2, 0.25) is 0 Å². The van der Waals surface area contributed by atoms with Gasteiger partial charge in [-0.3, -0.25) is 14.9 Å². The molecule has 1 fully saturated rings. The first-order valence-corrected chi connectivity index (χ1v) is 8.55. The highest BCUT2D eigenvalue weighted by molar-refractivity contribution is 5.91. The number of pyridine rings is 1. The van der Waals surface area contributed by atoms with Crippen molar-refractivity contribution in [2.24, 2.45) is 0 Å². The summed E-state index contributed by atoms with van der Waals surface area (Å²) in [7, 11) is 0. The molecule has 0 aliphatic heterocycles. The summed E-state index contributed by atoms with van der Waals surface area (Å²) in [6, 6.07) is 13.9. The van der Waals surface area contributed by atoms with Crippen molar-refractivity contribution in [1.82, 2.24) is 15.2 Å². The van der Waals surface area contributed by atoms with Gasteiger partial charge in [0.25, 0.3) is 0 Å². The van der Waals surface area contributed by atoms with Crippen molar-refractivity contribution in [3.05, 3.63) is 65.5 Å². The van der Waals surface area contributed by atoms with Gasteiger partial charge in [-0.2, -0.15) is 5.10 Å². The topological polar surface area (TPSA) is 70.7 Å². The maximum atomic E-state index is 12.2. The number of nitrogens with zero attached hydrogens (tertiary/aromatic N) is 2. The first kappa shape index (κ1) is 15.6. The zero-order valence-corrected chi connectivity index (χ0v) is 14.1. The molecule has 2 aromatic heterocycles. The fraction of sp³-hybridized carbons (Fsp3) is 0.250. The largest absolute Gasteiger partial charge is 0.309 e. The number of carbonyl (C=O) groups is 1. The third kappa shape index (κ3) is 3.60. The van der Waals surface area contributed by atoms with Crippen LogP contribution < -0.4 is 5.32 Å². The number of aromatic amines is 1.